The first-order chi connectivity index (χ1) is 11.9. The van der Waals surface area contributed by atoms with Crippen LogP contribution < -0.4 is 5.32 Å². The molecule has 25 heavy (non-hydrogen) atoms. The molecule has 1 amide bonds. The summed E-state index contributed by atoms with van der Waals surface area (Å²) in [5.41, 5.74) is 4.05. The van der Waals surface area contributed by atoms with E-state index in [2.05, 4.69) is 43.2 Å². The van der Waals surface area contributed by atoms with Gasteiger partial charge in [0.15, 0.2) is 0 Å². The van der Waals surface area contributed by atoms with Crippen molar-refractivity contribution in [2.24, 2.45) is 0 Å². The van der Waals surface area contributed by atoms with E-state index in [-0.39, 0.29) is 17.7 Å². The second-order valence-electron chi connectivity index (χ2n) is 7.06. The molecule has 3 nitrogen and oxygen atoms in total. The fourth-order valence-corrected chi connectivity index (χ4v) is 3.35. The number of carbonyl (C=O) groups is 1. The van der Waals surface area contributed by atoms with Crippen molar-refractivity contribution < 1.29 is 4.79 Å². The molecule has 0 atom stereocenters. The lowest BCUT2D eigenvalue weighted by atomic mass is 9.87. The minimum Gasteiger partial charge on any atom is -0.326 e. The first-order valence-electron chi connectivity index (χ1n) is 8.32. The molecule has 0 aliphatic rings. The number of thiazole rings is 1. The number of hydrogen-bond donors (Lipinski definition) is 1. The molecular weight excluding hydrogens is 328 g/mol. The van der Waals surface area contributed by atoms with E-state index in [0.29, 0.717) is 0 Å². The highest BCUT2D eigenvalue weighted by Gasteiger charge is 2.13. The average molecular weight is 350 g/mol. The van der Waals surface area contributed by atoms with Gasteiger partial charge in [0.1, 0.15) is 5.01 Å². The van der Waals surface area contributed by atoms with Crippen LogP contribution in [0.25, 0.3) is 10.6 Å². The maximum atomic E-state index is 12.3. The first-order valence-corrected chi connectivity index (χ1v) is 9.20. The van der Waals surface area contributed by atoms with Crippen LogP contribution in [0.4, 0.5) is 5.69 Å². The van der Waals surface area contributed by atoms with Crippen molar-refractivity contribution in [1.29, 1.82) is 0 Å². The molecule has 1 aromatic heterocycles. The zero-order valence-electron chi connectivity index (χ0n) is 14.7. The highest BCUT2D eigenvalue weighted by molar-refractivity contribution is 7.13. The number of nitrogens with one attached hydrogen (secondary N) is 1. The maximum Gasteiger partial charge on any atom is 0.230 e. The van der Waals surface area contributed by atoms with Crippen molar-refractivity contribution >= 4 is 22.9 Å². The Morgan fingerprint density at radius 2 is 1.72 bits per heavy atom. The Balaban J connectivity index is 1.62. The Morgan fingerprint density at radius 1 is 1.04 bits per heavy atom. The molecule has 1 heterocycles. The van der Waals surface area contributed by atoms with E-state index in [1.165, 1.54) is 5.56 Å². The molecule has 0 spiro atoms. The normalized spacial score (nSPS) is 11.3. The molecule has 0 bridgehead atoms. The van der Waals surface area contributed by atoms with Gasteiger partial charge in [-0.3, -0.25) is 4.79 Å². The van der Waals surface area contributed by atoms with Crippen LogP contribution in [0.15, 0.2) is 60.0 Å². The van der Waals surface area contributed by atoms with Crippen LogP contribution >= 0.6 is 11.3 Å². The molecule has 2 aromatic carbocycles. The van der Waals surface area contributed by atoms with E-state index in [1.807, 2.05) is 47.8 Å². The van der Waals surface area contributed by atoms with E-state index in [4.69, 9.17) is 0 Å². The summed E-state index contributed by atoms with van der Waals surface area (Å²) in [6.07, 6.45) is 0.282. The van der Waals surface area contributed by atoms with Crippen molar-refractivity contribution in [3.8, 4) is 10.6 Å². The number of aromatic nitrogens is 1. The predicted molar refractivity (Wildman–Crippen MR) is 105 cm³/mol. The van der Waals surface area contributed by atoms with Crippen molar-refractivity contribution in [2.75, 3.05) is 5.32 Å². The molecule has 128 valence electrons. The third-order valence-corrected chi connectivity index (χ3v) is 4.89. The van der Waals surface area contributed by atoms with Gasteiger partial charge >= 0.3 is 0 Å². The van der Waals surface area contributed by atoms with Crippen molar-refractivity contribution in [2.45, 2.75) is 32.6 Å². The lowest BCUT2D eigenvalue weighted by molar-refractivity contribution is -0.115. The Hall–Kier alpha value is -2.46. The van der Waals surface area contributed by atoms with Crippen LogP contribution in [0.5, 0.6) is 0 Å². The van der Waals surface area contributed by atoms with E-state index in [1.54, 1.807) is 11.3 Å². The number of nitrogens with zero attached hydrogens (tertiary/aromatic N) is 1. The van der Waals surface area contributed by atoms with Crippen molar-refractivity contribution in [3.05, 3.63) is 71.2 Å². The number of benzene rings is 2. The summed E-state index contributed by atoms with van der Waals surface area (Å²) in [6.45, 7) is 6.52. The molecule has 0 fully saturated rings. The fourth-order valence-electron chi connectivity index (χ4n) is 2.52. The van der Waals surface area contributed by atoms with E-state index in [0.717, 1.165) is 22.0 Å². The van der Waals surface area contributed by atoms with E-state index >= 15 is 0 Å². The number of carbonyl (C=O) groups excluding carboxylic acids is 1. The maximum absolute atomic E-state index is 12.3. The SMILES string of the molecule is CC(C)(C)c1ccc(NC(=O)Cc2csc(-c3ccccc3)n2)cc1. The Bertz CT molecular complexity index is 846. The highest BCUT2D eigenvalue weighted by Crippen LogP contribution is 2.25. The van der Waals surface area contributed by atoms with Crippen LogP contribution in [0.3, 0.4) is 0 Å². The summed E-state index contributed by atoms with van der Waals surface area (Å²) in [7, 11) is 0. The van der Waals surface area contributed by atoms with Crippen LogP contribution in [-0.4, -0.2) is 10.9 Å². The van der Waals surface area contributed by atoms with E-state index in [9.17, 15) is 4.79 Å². The average Bonchev–Trinajstić information content (AvgIpc) is 3.03. The third kappa shape index (κ3) is 4.54. The topological polar surface area (TPSA) is 42.0 Å². The van der Waals surface area contributed by atoms with Crippen LogP contribution in [-0.2, 0) is 16.6 Å². The third-order valence-electron chi connectivity index (χ3n) is 3.95. The summed E-state index contributed by atoms with van der Waals surface area (Å²) >= 11 is 1.56. The van der Waals surface area contributed by atoms with Gasteiger partial charge < -0.3 is 5.32 Å². The number of hydrogen-bond acceptors (Lipinski definition) is 3. The fraction of sp³-hybridized carbons (Fsp3) is 0.238. The molecule has 0 aliphatic carbocycles. The van der Waals surface area contributed by atoms with Gasteiger partial charge in [-0.25, -0.2) is 4.98 Å². The second-order valence-corrected chi connectivity index (χ2v) is 7.92. The summed E-state index contributed by atoms with van der Waals surface area (Å²) < 4.78 is 0. The zero-order chi connectivity index (χ0) is 17.9. The number of anilines is 1. The quantitative estimate of drug-likeness (QED) is 0.695. The molecule has 3 rings (SSSR count). The molecule has 0 aliphatic heterocycles. The van der Waals surface area contributed by atoms with Gasteiger partial charge in [0.05, 0.1) is 12.1 Å². The number of amides is 1. The molecule has 0 saturated heterocycles. The minimum absolute atomic E-state index is 0.0478. The second kappa shape index (κ2) is 7.19. The molecule has 4 heteroatoms. The minimum atomic E-state index is -0.0478. The van der Waals surface area contributed by atoms with Gasteiger partial charge in [-0.2, -0.15) is 0 Å². The van der Waals surface area contributed by atoms with Gasteiger partial charge in [0, 0.05) is 16.6 Å². The molecule has 3 aromatic rings. The standard InChI is InChI=1S/C21H22N2OS/c1-21(2,3)16-9-11-17(12-10-16)22-19(24)13-18-14-25-20(23-18)15-7-5-4-6-8-15/h4-12,14H,13H2,1-3H3,(H,22,24). The van der Waals surface area contributed by atoms with Gasteiger partial charge in [0.25, 0.3) is 0 Å². The summed E-state index contributed by atoms with van der Waals surface area (Å²) in [5.74, 6) is -0.0478. The molecule has 0 saturated carbocycles. The van der Waals surface area contributed by atoms with Gasteiger partial charge in [-0.15, -0.1) is 11.3 Å². The number of rotatable bonds is 4. The van der Waals surface area contributed by atoms with Gasteiger partial charge in [-0.1, -0.05) is 63.2 Å². The first kappa shape index (κ1) is 17.4. The zero-order valence-corrected chi connectivity index (χ0v) is 15.6. The smallest absolute Gasteiger partial charge is 0.230 e. The van der Waals surface area contributed by atoms with E-state index < -0.39 is 0 Å². The Kier molecular flexibility index (Phi) is 5.00. The van der Waals surface area contributed by atoms with Crippen LogP contribution in [0.2, 0.25) is 0 Å². The highest BCUT2D eigenvalue weighted by atomic mass is 32.1. The van der Waals surface area contributed by atoms with Crippen molar-refractivity contribution in [1.82, 2.24) is 4.98 Å². The molecule has 0 radical (unpaired) electrons. The lowest BCUT2D eigenvalue weighted by Gasteiger charge is -2.19. The van der Waals surface area contributed by atoms with Crippen molar-refractivity contribution in [3.63, 3.8) is 0 Å². The van der Waals surface area contributed by atoms with Crippen LogP contribution in [0, 0.1) is 0 Å². The lowest BCUT2D eigenvalue weighted by Crippen LogP contribution is -2.15. The van der Waals surface area contributed by atoms with Gasteiger partial charge in [0.2, 0.25) is 5.91 Å². The summed E-state index contributed by atoms with van der Waals surface area (Å²) in [5, 5.41) is 5.84. The van der Waals surface area contributed by atoms with Gasteiger partial charge in [-0.05, 0) is 23.1 Å². The largest absolute Gasteiger partial charge is 0.326 e. The predicted octanol–water partition coefficient (Wildman–Crippen LogP) is 5.29. The van der Waals surface area contributed by atoms with Crippen LogP contribution in [0.1, 0.15) is 32.0 Å². The molecule has 0 unspecified atom stereocenters. The molecular formula is C21H22N2OS. The summed E-state index contributed by atoms with van der Waals surface area (Å²) in [4.78, 5) is 16.8. The monoisotopic (exact) mass is 350 g/mol. The Labute approximate surface area is 152 Å². The molecule has 1 N–H and O–H groups in total. The Morgan fingerprint density at radius 3 is 2.36 bits per heavy atom. The summed E-state index contributed by atoms with van der Waals surface area (Å²) in [6, 6.07) is 18.0.